The van der Waals surface area contributed by atoms with Crippen LogP contribution in [0.1, 0.15) is 40.5 Å². The van der Waals surface area contributed by atoms with Gasteiger partial charge in [-0.15, -0.1) is 0 Å². The number of carbonyl (C=O) groups is 1. The summed E-state index contributed by atoms with van der Waals surface area (Å²) < 4.78 is 5.49. The highest BCUT2D eigenvalue weighted by molar-refractivity contribution is 5.80. The molecular formula is C24H39N5O3. The van der Waals surface area contributed by atoms with Crippen LogP contribution >= 0.6 is 0 Å². The first-order valence-corrected chi connectivity index (χ1v) is 11.8. The molecule has 2 saturated heterocycles. The first-order chi connectivity index (χ1) is 15.3. The molecule has 8 heteroatoms. The van der Waals surface area contributed by atoms with Crippen molar-refractivity contribution in [2.45, 2.75) is 46.1 Å². The van der Waals surface area contributed by atoms with E-state index in [1.807, 2.05) is 43.9 Å². The van der Waals surface area contributed by atoms with E-state index in [2.05, 4.69) is 22.0 Å². The van der Waals surface area contributed by atoms with Crippen LogP contribution in [0.5, 0.6) is 5.75 Å². The maximum atomic E-state index is 12.3. The van der Waals surface area contributed by atoms with Gasteiger partial charge in [0, 0.05) is 52.4 Å². The molecule has 0 saturated carbocycles. The van der Waals surface area contributed by atoms with Gasteiger partial charge >= 0.3 is 6.09 Å². The lowest BCUT2D eigenvalue weighted by atomic mass is 9.97. The molecule has 0 unspecified atom stereocenters. The second kappa shape index (κ2) is 10.8. The first-order valence-electron chi connectivity index (χ1n) is 11.8. The van der Waals surface area contributed by atoms with E-state index in [0.29, 0.717) is 11.7 Å². The summed E-state index contributed by atoms with van der Waals surface area (Å²) in [6, 6.07) is 7.51. The lowest BCUT2D eigenvalue weighted by molar-refractivity contribution is 0.0187. The van der Waals surface area contributed by atoms with Gasteiger partial charge in [-0.3, -0.25) is 4.99 Å². The molecule has 2 N–H and O–H groups in total. The van der Waals surface area contributed by atoms with Crippen LogP contribution in [-0.4, -0.2) is 84.9 Å². The number of aliphatic imine (C=N–C) groups is 1. The SMILES string of the molecule is CCNC(=NCC1CCN(C(=O)OC(C)(C)C)CC1)N1CCN(c2ccccc2O)CC1. The summed E-state index contributed by atoms with van der Waals surface area (Å²) in [7, 11) is 0. The van der Waals surface area contributed by atoms with Crippen LogP contribution in [0.25, 0.3) is 0 Å². The number of aromatic hydroxyl groups is 1. The molecule has 0 aliphatic carbocycles. The van der Waals surface area contributed by atoms with E-state index in [4.69, 9.17) is 9.73 Å². The Morgan fingerprint density at radius 3 is 2.34 bits per heavy atom. The smallest absolute Gasteiger partial charge is 0.410 e. The number of piperidine rings is 1. The van der Waals surface area contributed by atoms with Crippen molar-refractivity contribution >= 4 is 17.7 Å². The Balaban J connectivity index is 1.50. The van der Waals surface area contributed by atoms with Crippen molar-refractivity contribution < 1.29 is 14.6 Å². The third-order valence-corrected chi connectivity index (χ3v) is 5.90. The van der Waals surface area contributed by atoms with Gasteiger partial charge < -0.3 is 29.9 Å². The number of guanidine groups is 1. The molecular weight excluding hydrogens is 406 g/mol. The van der Waals surface area contributed by atoms with Crippen LogP contribution in [0.4, 0.5) is 10.5 Å². The van der Waals surface area contributed by atoms with Crippen molar-refractivity contribution in [3.63, 3.8) is 0 Å². The number of piperazine rings is 1. The number of para-hydroxylation sites is 2. The van der Waals surface area contributed by atoms with Crippen LogP contribution in [-0.2, 0) is 4.74 Å². The fraction of sp³-hybridized carbons (Fsp3) is 0.667. The molecule has 1 amide bonds. The Morgan fingerprint density at radius 1 is 1.09 bits per heavy atom. The number of rotatable bonds is 4. The number of ether oxygens (including phenoxy) is 1. The molecule has 0 spiro atoms. The molecule has 32 heavy (non-hydrogen) atoms. The van der Waals surface area contributed by atoms with Gasteiger partial charge in [0.1, 0.15) is 11.4 Å². The predicted octanol–water partition coefficient (Wildman–Crippen LogP) is 3.13. The maximum absolute atomic E-state index is 12.3. The summed E-state index contributed by atoms with van der Waals surface area (Å²) in [6.45, 7) is 14.2. The Kier molecular flexibility index (Phi) is 8.10. The summed E-state index contributed by atoms with van der Waals surface area (Å²) in [5, 5.41) is 13.6. The minimum Gasteiger partial charge on any atom is -0.506 e. The van der Waals surface area contributed by atoms with Gasteiger partial charge in [-0.05, 0) is 58.6 Å². The Morgan fingerprint density at radius 2 is 1.75 bits per heavy atom. The topological polar surface area (TPSA) is 80.6 Å². The minimum atomic E-state index is -0.456. The number of benzene rings is 1. The van der Waals surface area contributed by atoms with E-state index in [0.717, 1.165) is 76.8 Å². The quantitative estimate of drug-likeness (QED) is 0.548. The van der Waals surface area contributed by atoms with Crippen molar-refractivity contribution in [2.75, 3.05) is 57.3 Å². The Hall–Kier alpha value is -2.64. The van der Waals surface area contributed by atoms with Crippen molar-refractivity contribution in [2.24, 2.45) is 10.9 Å². The van der Waals surface area contributed by atoms with E-state index < -0.39 is 5.60 Å². The summed E-state index contributed by atoms with van der Waals surface area (Å²) in [4.78, 5) is 23.5. The van der Waals surface area contributed by atoms with Crippen molar-refractivity contribution in [3.8, 4) is 5.75 Å². The average Bonchev–Trinajstić information content (AvgIpc) is 2.76. The van der Waals surface area contributed by atoms with E-state index in [1.54, 1.807) is 6.07 Å². The van der Waals surface area contributed by atoms with Gasteiger partial charge in [-0.1, -0.05) is 12.1 Å². The van der Waals surface area contributed by atoms with Crippen LogP contribution in [0.2, 0.25) is 0 Å². The number of anilines is 1. The normalized spacial score (nSPS) is 18.6. The van der Waals surface area contributed by atoms with Crippen molar-refractivity contribution in [1.29, 1.82) is 0 Å². The predicted molar refractivity (Wildman–Crippen MR) is 128 cm³/mol. The number of phenols is 1. The molecule has 0 atom stereocenters. The molecule has 0 radical (unpaired) electrons. The Bertz CT molecular complexity index is 776. The van der Waals surface area contributed by atoms with Gasteiger partial charge in [0.05, 0.1) is 5.69 Å². The van der Waals surface area contributed by atoms with Crippen LogP contribution in [0.3, 0.4) is 0 Å². The second-order valence-electron chi connectivity index (χ2n) is 9.57. The van der Waals surface area contributed by atoms with E-state index >= 15 is 0 Å². The lowest BCUT2D eigenvalue weighted by Gasteiger charge is -2.38. The van der Waals surface area contributed by atoms with Gasteiger partial charge in [-0.2, -0.15) is 0 Å². The average molecular weight is 446 g/mol. The zero-order chi connectivity index (χ0) is 23.1. The van der Waals surface area contributed by atoms with Gasteiger partial charge in [0.25, 0.3) is 0 Å². The number of phenolic OH excluding ortho intramolecular Hbond substituents is 1. The molecule has 1 aromatic carbocycles. The maximum Gasteiger partial charge on any atom is 0.410 e. The number of hydrogen-bond acceptors (Lipinski definition) is 5. The molecule has 2 fully saturated rings. The third kappa shape index (κ3) is 6.68. The number of nitrogens with zero attached hydrogens (tertiary/aromatic N) is 4. The number of nitrogens with one attached hydrogen (secondary N) is 1. The molecule has 2 aliphatic rings. The number of likely N-dealkylation sites (tertiary alicyclic amines) is 1. The fourth-order valence-electron chi connectivity index (χ4n) is 4.16. The van der Waals surface area contributed by atoms with Crippen LogP contribution in [0.15, 0.2) is 29.3 Å². The second-order valence-corrected chi connectivity index (χ2v) is 9.57. The molecule has 2 aliphatic heterocycles. The highest BCUT2D eigenvalue weighted by Crippen LogP contribution is 2.27. The number of hydrogen-bond donors (Lipinski definition) is 2. The lowest BCUT2D eigenvalue weighted by Crippen LogP contribution is -2.52. The Labute approximate surface area is 192 Å². The van der Waals surface area contributed by atoms with Crippen LogP contribution in [0, 0.1) is 5.92 Å². The van der Waals surface area contributed by atoms with Gasteiger partial charge in [-0.25, -0.2) is 4.79 Å². The molecule has 8 nitrogen and oxygen atoms in total. The highest BCUT2D eigenvalue weighted by atomic mass is 16.6. The molecule has 2 heterocycles. The molecule has 0 bridgehead atoms. The summed E-state index contributed by atoms with van der Waals surface area (Å²) in [5.41, 5.74) is 0.438. The number of carbonyl (C=O) groups excluding carboxylic acids is 1. The number of amides is 1. The van der Waals surface area contributed by atoms with E-state index in [9.17, 15) is 9.90 Å². The van der Waals surface area contributed by atoms with Crippen molar-refractivity contribution in [1.82, 2.24) is 15.1 Å². The molecule has 1 aromatic rings. The highest BCUT2D eigenvalue weighted by Gasteiger charge is 2.27. The molecule has 0 aromatic heterocycles. The van der Waals surface area contributed by atoms with Gasteiger partial charge in [0.2, 0.25) is 0 Å². The van der Waals surface area contributed by atoms with Gasteiger partial charge in [0.15, 0.2) is 5.96 Å². The van der Waals surface area contributed by atoms with E-state index in [-0.39, 0.29) is 6.09 Å². The third-order valence-electron chi connectivity index (χ3n) is 5.90. The fourth-order valence-corrected chi connectivity index (χ4v) is 4.16. The molecule has 178 valence electrons. The van der Waals surface area contributed by atoms with Crippen LogP contribution < -0.4 is 10.2 Å². The zero-order valence-electron chi connectivity index (χ0n) is 20.0. The largest absolute Gasteiger partial charge is 0.506 e. The summed E-state index contributed by atoms with van der Waals surface area (Å²) in [5.74, 6) is 1.77. The summed E-state index contributed by atoms with van der Waals surface area (Å²) >= 11 is 0. The summed E-state index contributed by atoms with van der Waals surface area (Å²) in [6.07, 6.45) is 1.68. The zero-order valence-corrected chi connectivity index (χ0v) is 20.0. The van der Waals surface area contributed by atoms with E-state index in [1.165, 1.54) is 0 Å². The first kappa shape index (κ1) is 24.0. The minimum absolute atomic E-state index is 0.213. The molecule has 3 rings (SSSR count). The standard InChI is InChI=1S/C24H39N5O3/c1-5-25-22(28-16-14-27(15-17-28)20-8-6-7-9-21(20)30)26-18-19-10-12-29(13-11-19)23(31)32-24(2,3)4/h6-9,19,30H,5,10-18H2,1-4H3,(H,25,26). The van der Waals surface area contributed by atoms with Crippen molar-refractivity contribution in [3.05, 3.63) is 24.3 Å². The monoisotopic (exact) mass is 445 g/mol.